The second-order valence-corrected chi connectivity index (χ2v) is 7.08. The zero-order valence-electron chi connectivity index (χ0n) is 13.4. The second-order valence-electron chi connectivity index (χ2n) is 5.67. The molecule has 0 amide bonds. The number of Topliss-reactive ketones (excluding diaryl/α,β-unsaturated/α-hetero) is 1. The van der Waals surface area contributed by atoms with Gasteiger partial charge in [0.2, 0.25) is 0 Å². The van der Waals surface area contributed by atoms with E-state index < -0.39 is 0 Å². The molecule has 21 heavy (non-hydrogen) atoms. The van der Waals surface area contributed by atoms with Crippen molar-refractivity contribution in [1.82, 2.24) is 0 Å². The molecule has 2 aromatic rings. The Morgan fingerprint density at radius 3 is 2.00 bits per heavy atom. The van der Waals surface area contributed by atoms with Crippen LogP contribution in [0.1, 0.15) is 39.5 Å². The summed E-state index contributed by atoms with van der Waals surface area (Å²) in [5, 5.41) is -0.0748. The third kappa shape index (κ3) is 3.76. The van der Waals surface area contributed by atoms with Crippen LogP contribution in [-0.4, -0.2) is 11.0 Å². The third-order valence-corrected chi connectivity index (χ3v) is 5.05. The van der Waals surface area contributed by atoms with Gasteiger partial charge in [-0.05, 0) is 75.1 Å². The third-order valence-electron chi connectivity index (χ3n) is 3.95. The Hall–Kier alpha value is -1.54. The van der Waals surface area contributed by atoms with Gasteiger partial charge >= 0.3 is 0 Å². The minimum absolute atomic E-state index is 0.0748. The maximum absolute atomic E-state index is 12.5. The molecule has 1 nitrogen and oxygen atoms in total. The van der Waals surface area contributed by atoms with Gasteiger partial charge in [-0.1, -0.05) is 18.2 Å². The number of rotatable bonds is 4. The fourth-order valence-electron chi connectivity index (χ4n) is 2.17. The molecular weight excluding hydrogens is 276 g/mol. The van der Waals surface area contributed by atoms with Gasteiger partial charge in [0, 0.05) is 10.5 Å². The summed E-state index contributed by atoms with van der Waals surface area (Å²) in [7, 11) is 0. The van der Waals surface area contributed by atoms with Crippen molar-refractivity contribution in [3.05, 3.63) is 64.2 Å². The van der Waals surface area contributed by atoms with E-state index in [1.165, 1.54) is 22.3 Å². The number of carbonyl (C=O) groups is 1. The summed E-state index contributed by atoms with van der Waals surface area (Å²) in [6, 6.07) is 12.3. The number of aryl methyl sites for hydroxylation is 4. The van der Waals surface area contributed by atoms with E-state index in [1.807, 2.05) is 32.0 Å². The van der Waals surface area contributed by atoms with Gasteiger partial charge < -0.3 is 0 Å². The number of hydrogen-bond acceptors (Lipinski definition) is 2. The van der Waals surface area contributed by atoms with E-state index in [9.17, 15) is 4.79 Å². The lowest BCUT2D eigenvalue weighted by Gasteiger charge is -2.12. The molecule has 0 saturated carbocycles. The van der Waals surface area contributed by atoms with E-state index in [-0.39, 0.29) is 11.0 Å². The summed E-state index contributed by atoms with van der Waals surface area (Å²) in [5.74, 6) is 0.196. The molecule has 110 valence electrons. The van der Waals surface area contributed by atoms with E-state index in [4.69, 9.17) is 0 Å². The quantitative estimate of drug-likeness (QED) is 0.564. The molecule has 0 aliphatic heterocycles. The SMILES string of the molecule is Cc1ccc(SC(C)C(=O)c2ccc(C)c(C)c2)cc1C. The highest BCUT2D eigenvalue weighted by molar-refractivity contribution is 8.00. The average molecular weight is 298 g/mol. The first-order valence-electron chi connectivity index (χ1n) is 7.24. The van der Waals surface area contributed by atoms with Crippen LogP contribution in [0, 0.1) is 27.7 Å². The van der Waals surface area contributed by atoms with Crippen molar-refractivity contribution in [1.29, 1.82) is 0 Å². The Morgan fingerprint density at radius 2 is 1.43 bits per heavy atom. The molecule has 0 heterocycles. The molecular formula is C19H22OS. The van der Waals surface area contributed by atoms with Gasteiger partial charge in [-0.3, -0.25) is 4.79 Å². The standard InChI is InChI=1S/C19H22OS/c1-12-6-8-17(10-14(12)3)19(20)16(5)21-18-9-7-13(2)15(4)11-18/h6-11,16H,1-5H3. The highest BCUT2D eigenvalue weighted by Gasteiger charge is 2.17. The monoisotopic (exact) mass is 298 g/mol. The van der Waals surface area contributed by atoms with Gasteiger partial charge in [-0.15, -0.1) is 11.8 Å². The summed E-state index contributed by atoms with van der Waals surface area (Å²) in [5.41, 5.74) is 5.76. The van der Waals surface area contributed by atoms with Crippen LogP contribution in [-0.2, 0) is 0 Å². The maximum Gasteiger partial charge on any atom is 0.175 e. The molecule has 0 aromatic heterocycles. The van der Waals surface area contributed by atoms with Crippen LogP contribution >= 0.6 is 11.8 Å². The Labute approximate surface area is 131 Å². The van der Waals surface area contributed by atoms with Gasteiger partial charge in [-0.2, -0.15) is 0 Å². The maximum atomic E-state index is 12.5. The number of hydrogen-bond donors (Lipinski definition) is 0. The Kier molecular flexibility index (Phi) is 4.89. The van der Waals surface area contributed by atoms with Crippen LogP contribution in [0.3, 0.4) is 0 Å². The normalized spacial score (nSPS) is 12.2. The lowest BCUT2D eigenvalue weighted by Crippen LogP contribution is -2.13. The van der Waals surface area contributed by atoms with Crippen LogP contribution in [0.15, 0.2) is 41.3 Å². The highest BCUT2D eigenvalue weighted by atomic mass is 32.2. The van der Waals surface area contributed by atoms with Crippen LogP contribution in [0.25, 0.3) is 0 Å². The van der Waals surface area contributed by atoms with E-state index in [0.717, 1.165) is 10.5 Å². The zero-order valence-corrected chi connectivity index (χ0v) is 14.2. The zero-order chi connectivity index (χ0) is 15.6. The number of carbonyl (C=O) groups excluding carboxylic acids is 1. The van der Waals surface area contributed by atoms with E-state index in [1.54, 1.807) is 11.8 Å². The van der Waals surface area contributed by atoms with Gasteiger partial charge in [0.15, 0.2) is 5.78 Å². The molecule has 0 aliphatic rings. The van der Waals surface area contributed by atoms with Crippen molar-refractivity contribution < 1.29 is 4.79 Å². The Bertz CT molecular complexity index is 673. The smallest absolute Gasteiger partial charge is 0.175 e. The first-order valence-corrected chi connectivity index (χ1v) is 8.12. The predicted molar refractivity (Wildman–Crippen MR) is 91.5 cm³/mol. The van der Waals surface area contributed by atoms with Gasteiger partial charge in [0.1, 0.15) is 0 Å². The second kappa shape index (κ2) is 6.48. The van der Waals surface area contributed by atoms with Crippen LogP contribution < -0.4 is 0 Å². The molecule has 2 rings (SSSR count). The number of benzene rings is 2. The van der Waals surface area contributed by atoms with Crippen LogP contribution in [0.5, 0.6) is 0 Å². The molecule has 0 radical (unpaired) electrons. The first kappa shape index (κ1) is 15.8. The van der Waals surface area contributed by atoms with Gasteiger partial charge in [-0.25, -0.2) is 0 Å². The van der Waals surface area contributed by atoms with Crippen molar-refractivity contribution in [2.45, 2.75) is 44.8 Å². The lowest BCUT2D eigenvalue weighted by molar-refractivity contribution is 0.0994. The molecule has 0 aliphatic carbocycles. The molecule has 0 fully saturated rings. The Balaban J connectivity index is 2.15. The van der Waals surface area contributed by atoms with Crippen LogP contribution in [0.4, 0.5) is 0 Å². The summed E-state index contributed by atoms with van der Waals surface area (Å²) in [4.78, 5) is 13.7. The van der Waals surface area contributed by atoms with Gasteiger partial charge in [0.05, 0.1) is 5.25 Å². The van der Waals surface area contributed by atoms with E-state index in [0.29, 0.717) is 0 Å². The average Bonchev–Trinajstić information content (AvgIpc) is 2.45. The molecule has 0 bridgehead atoms. The molecule has 2 aromatic carbocycles. The number of thioether (sulfide) groups is 1. The van der Waals surface area contributed by atoms with Crippen LogP contribution in [0.2, 0.25) is 0 Å². The summed E-state index contributed by atoms with van der Waals surface area (Å²) >= 11 is 1.63. The fraction of sp³-hybridized carbons (Fsp3) is 0.316. The molecule has 0 spiro atoms. The molecule has 1 unspecified atom stereocenters. The topological polar surface area (TPSA) is 17.1 Å². The van der Waals surface area contributed by atoms with E-state index >= 15 is 0 Å². The largest absolute Gasteiger partial charge is 0.293 e. The van der Waals surface area contributed by atoms with Crippen molar-refractivity contribution in [3.63, 3.8) is 0 Å². The van der Waals surface area contributed by atoms with Crippen molar-refractivity contribution in [2.24, 2.45) is 0 Å². The molecule has 0 saturated heterocycles. The summed E-state index contributed by atoms with van der Waals surface area (Å²) in [6.45, 7) is 10.3. The number of ketones is 1. The summed E-state index contributed by atoms with van der Waals surface area (Å²) in [6.07, 6.45) is 0. The first-order chi connectivity index (χ1) is 9.88. The fourth-order valence-corrected chi connectivity index (χ4v) is 3.22. The van der Waals surface area contributed by atoms with Crippen molar-refractivity contribution in [3.8, 4) is 0 Å². The minimum atomic E-state index is -0.0748. The predicted octanol–water partition coefficient (Wildman–Crippen LogP) is 5.28. The minimum Gasteiger partial charge on any atom is -0.293 e. The van der Waals surface area contributed by atoms with Crippen molar-refractivity contribution in [2.75, 3.05) is 0 Å². The van der Waals surface area contributed by atoms with E-state index in [2.05, 4.69) is 39.0 Å². The van der Waals surface area contributed by atoms with Gasteiger partial charge in [0.25, 0.3) is 0 Å². The lowest BCUT2D eigenvalue weighted by atomic mass is 10.0. The summed E-state index contributed by atoms with van der Waals surface area (Å²) < 4.78 is 0. The highest BCUT2D eigenvalue weighted by Crippen LogP contribution is 2.27. The Morgan fingerprint density at radius 1 is 0.857 bits per heavy atom. The van der Waals surface area contributed by atoms with Crippen molar-refractivity contribution >= 4 is 17.5 Å². The molecule has 2 heteroatoms. The molecule has 1 atom stereocenters. The molecule has 0 N–H and O–H groups in total.